The van der Waals surface area contributed by atoms with Gasteiger partial charge in [0.25, 0.3) is 0 Å². The molecule has 0 saturated carbocycles. The highest BCUT2D eigenvalue weighted by Crippen LogP contribution is 2.22. The Labute approximate surface area is 154 Å². The molecule has 0 unspecified atom stereocenters. The van der Waals surface area contributed by atoms with E-state index >= 15 is 0 Å². The lowest BCUT2D eigenvalue weighted by molar-refractivity contribution is -0.130. The van der Waals surface area contributed by atoms with Crippen molar-refractivity contribution in [3.8, 4) is 0 Å². The van der Waals surface area contributed by atoms with Gasteiger partial charge in [0.2, 0.25) is 5.91 Å². The maximum absolute atomic E-state index is 12.7. The minimum absolute atomic E-state index is 0.00119. The van der Waals surface area contributed by atoms with Crippen LogP contribution in [0.2, 0.25) is 0 Å². The number of likely N-dealkylation sites (tertiary alicyclic amines) is 1. The Hall–Kier alpha value is -2.22. The van der Waals surface area contributed by atoms with Crippen molar-refractivity contribution in [1.82, 2.24) is 29.7 Å². The Bertz CT molecular complexity index is 750. The van der Waals surface area contributed by atoms with Gasteiger partial charge in [-0.15, -0.1) is 5.10 Å². The molecule has 1 amide bonds. The van der Waals surface area contributed by atoms with Gasteiger partial charge in [0.1, 0.15) is 0 Å². The van der Waals surface area contributed by atoms with E-state index in [0.29, 0.717) is 31.8 Å². The molecule has 26 heavy (non-hydrogen) atoms. The predicted molar refractivity (Wildman–Crippen MR) is 98.5 cm³/mol. The molecule has 3 heterocycles. The van der Waals surface area contributed by atoms with Gasteiger partial charge in [-0.05, 0) is 31.7 Å². The molecule has 0 aliphatic carbocycles. The van der Waals surface area contributed by atoms with Crippen LogP contribution in [-0.2, 0) is 17.8 Å². The van der Waals surface area contributed by atoms with E-state index in [9.17, 15) is 4.79 Å². The van der Waals surface area contributed by atoms with Crippen molar-refractivity contribution in [3.63, 3.8) is 0 Å². The molecule has 0 bridgehead atoms. The number of carbonyl (C=O) groups excluding carboxylic acids is 1. The lowest BCUT2D eigenvalue weighted by Crippen LogP contribution is -2.33. The third-order valence-corrected chi connectivity index (χ3v) is 5.12. The summed E-state index contributed by atoms with van der Waals surface area (Å²) in [6, 6.07) is -0.114. The fourth-order valence-electron chi connectivity index (χ4n) is 3.70. The molecule has 2 aromatic rings. The Kier molecular flexibility index (Phi) is 5.41. The van der Waals surface area contributed by atoms with Gasteiger partial charge in [-0.2, -0.15) is 5.10 Å². The lowest BCUT2D eigenvalue weighted by Gasteiger charge is -2.16. The molecule has 2 aromatic heterocycles. The van der Waals surface area contributed by atoms with Crippen molar-refractivity contribution in [2.45, 2.75) is 59.2 Å². The zero-order valence-corrected chi connectivity index (χ0v) is 16.1. The predicted octanol–water partition coefficient (Wildman–Crippen LogP) is 1.09. The van der Waals surface area contributed by atoms with Crippen molar-refractivity contribution in [2.75, 3.05) is 13.1 Å². The van der Waals surface area contributed by atoms with E-state index < -0.39 is 0 Å². The van der Waals surface area contributed by atoms with Crippen LogP contribution < -0.4 is 5.73 Å². The standard InChI is InChI=1S/C18H29N7O/c1-12(2)9-25-14(4)15(13(3)21-25)5-6-18(26)23-10-16(19)17(11-23)24-8-7-20-22-24/h7-8,12,16-17H,5-6,9-11,19H2,1-4H3/t16-,17+/m1/s1. The van der Waals surface area contributed by atoms with E-state index in [-0.39, 0.29) is 18.0 Å². The smallest absolute Gasteiger partial charge is 0.223 e. The summed E-state index contributed by atoms with van der Waals surface area (Å²) in [5, 5.41) is 12.5. The summed E-state index contributed by atoms with van der Waals surface area (Å²) >= 11 is 0. The summed E-state index contributed by atoms with van der Waals surface area (Å²) in [5.74, 6) is 0.681. The summed E-state index contributed by atoms with van der Waals surface area (Å²) in [6.07, 6.45) is 4.63. The van der Waals surface area contributed by atoms with Crippen molar-refractivity contribution in [2.24, 2.45) is 11.7 Å². The van der Waals surface area contributed by atoms with Crippen LogP contribution in [0.15, 0.2) is 12.4 Å². The molecule has 1 saturated heterocycles. The maximum atomic E-state index is 12.7. The number of nitrogens with zero attached hydrogens (tertiary/aromatic N) is 6. The normalized spacial score (nSPS) is 20.3. The second-order valence-corrected chi connectivity index (χ2v) is 7.64. The van der Waals surface area contributed by atoms with Crippen LogP contribution in [-0.4, -0.2) is 54.7 Å². The molecule has 8 heteroatoms. The summed E-state index contributed by atoms with van der Waals surface area (Å²) in [6.45, 7) is 10.5. The Morgan fingerprint density at radius 3 is 2.77 bits per heavy atom. The molecule has 2 N–H and O–H groups in total. The zero-order chi connectivity index (χ0) is 18.8. The largest absolute Gasteiger partial charge is 0.339 e. The maximum Gasteiger partial charge on any atom is 0.223 e. The van der Waals surface area contributed by atoms with E-state index in [2.05, 4.69) is 40.9 Å². The summed E-state index contributed by atoms with van der Waals surface area (Å²) < 4.78 is 3.81. The minimum atomic E-state index is -0.113. The second-order valence-electron chi connectivity index (χ2n) is 7.64. The molecular formula is C18H29N7O. The number of hydrogen-bond acceptors (Lipinski definition) is 5. The van der Waals surface area contributed by atoms with E-state index in [1.807, 2.05) is 11.8 Å². The van der Waals surface area contributed by atoms with E-state index in [4.69, 9.17) is 5.73 Å². The first-order valence-corrected chi connectivity index (χ1v) is 9.28. The molecule has 3 rings (SSSR count). The molecule has 1 aliphatic heterocycles. The third kappa shape index (κ3) is 3.80. The van der Waals surface area contributed by atoms with Crippen LogP contribution in [0.3, 0.4) is 0 Å². The lowest BCUT2D eigenvalue weighted by atomic mass is 10.1. The van der Waals surface area contributed by atoms with Crippen molar-refractivity contribution < 1.29 is 4.79 Å². The average molecular weight is 359 g/mol. The van der Waals surface area contributed by atoms with Gasteiger partial charge >= 0.3 is 0 Å². The number of hydrogen-bond donors (Lipinski definition) is 1. The Morgan fingerprint density at radius 1 is 1.35 bits per heavy atom. The first-order chi connectivity index (χ1) is 12.4. The van der Waals surface area contributed by atoms with Gasteiger partial charge in [0.15, 0.2) is 0 Å². The average Bonchev–Trinajstić information content (AvgIpc) is 3.27. The van der Waals surface area contributed by atoms with E-state index in [1.165, 1.54) is 11.3 Å². The molecule has 0 radical (unpaired) electrons. The Morgan fingerprint density at radius 2 is 2.12 bits per heavy atom. The summed E-state index contributed by atoms with van der Waals surface area (Å²) in [4.78, 5) is 14.5. The number of aryl methyl sites for hydroxylation is 1. The van der Waals surface area contributed by atoms with Crippen LogP contribution in [0.1, 0.15) is 43.3 Å². The number of carbonyl (C=O) groups is 1. The topological polar surface area (TPSA) is 94.9 Å². The number of nitrogens with two attached hydrogens (primary N) is 1. The SMILES string of the molecule is Cc1nn(CC(C)C)c(C)c1CCC(=O)N1C[C@@H](N)[C@@H](n2ccnn2)C1. The second kappa shape index (κ2) is 7.57. The highest BCUT2D eigenvalue weighted by Gasteiger charge is 2.34. The van der Waals surface area contributed by atoms with Crippen LogP contribution in [0.5, 0.6) is 0 Å². The van der Waals surface area contributed by atoms with Crippen LogP contribution in [0, 0.1) is 19.8 Å². The molecular weight excluding hydrogens is 330 g/mol. The van der Waals surface area contributed by atoms with Crippen LogP contribution in [0.25, 0.3) is 0 Å². The van der Waals surface area contributed by atoms with Crippen molar-refractivity contribution in [3.05, 3.63) is 29.3 Å². The highest BCUT2D eigenvalue weighted by atomic mass is 16.2. The van der Waals surface area contributed by atoms with Gasteiger partial charge in [-0.3, -0.25) is 9.48 Å². The quantitative estimate of drug-likeness (QED) is 0.833. The Balaban J connectivity index is 1.60. The van der Waals surface area contributed by atoms with Crippen LogP contribution >= 0.6 is 0 Å². The monoisotopic (exact) mass is 359 g/mol. The molecule has 0 spiro atoms. The zero-order valence-electron chi connectivity index (χ0n) is 16.1. The fourth-order valence-corrected chi connectivity index (χ4v) is 3.70. The number of aromatic nitrogens is 5. The third-order valence-electron chi connectivity index (χ3n) is 5.12. The van der Waals surface area contributed by atoms with Gasteiger partial charge in [0.05, 0.1) is 17.9 Å². The number of rotatable bonds is 6. The van der Waals surface area contributed by atoms with Gasteiger partial charge in [0, 0.05) is 44.0 Å². The van der Waals surface area contributed by atoms with Crippen LogP contribution in [0.4, 0.5) is 0 Å². The first kappa shape index (κ1) is 18.6. The first-order valence-electron chi connectivity index (χ1n) is 9.28. The van der Waals surface area contributed by atoms with Gasteiger partial charge < -0.3 is 10.6 Å². The van der Waals surface area contributed by atoms with Gasteiger partial charge in [-0.1, -0.05) is 19.1 Å². The molecule has 142 valence electrons. The molecule has 1 fully saturated rings. The molecule has 2 atom stereocenters. The molecule has 8 nitrogen and oxygen atoms in total. The van der Waals surface area contributed by atoms with Crippen molar-refractivity contribution in [1.29, 1.82) is 0 Å². The highest BCUT2D eigenvalue weighted by molar-refractivity contribution is 5.77. The summed E-state index contributed by atoms with van der Waals surface area (Å²) in [5.41, 5.74) is 9.59. The summed E-state index contributed by atoms with van der Waals surface area (Å²) in [7, 11) is 0. The molecule has 1 aliphatic rings. The van der Waals surface area contributed by atoms with E-state index in [0.717, 1.165) is 12.2 Å². The van der Waals surface area contributed by atoms with Gasteiger partial charge in [-0.25, -0.2) is 4.68 Å². The van der Waals surface area contributed by atoms with Crippen molar-refractivity contribution >= 4 is 5.91 Å². The fraction of sp³-hybridized carbons (Fsp3) is 0.667. The van der Waals surface area contributed by atoms with E-state index in [1.54, 1.807) is 17.1 Å². The number of amides is 1. The minimum Gasteiger partial charge on any atom is -0.339 e. The molecule has 0 aromatic carbocycles.